The molecule has 2 rings (SSSR count). The molecule has 1 amide bonds. The van der Waals surface area contributed by atoms with Gasteiger partial charge in [-0.3, -0.25) is 9.69 Å². The average Bonchev–Trinajstić information content (AvgIpc) is 2.49. The number of carbonyl (C=O) groups is 1. The Balaban J connectivity index is 1.96. The lowest BCUT2D eigenvalue weighted by molar-refractivity contribution is -0.133. The van der Waals surface area contributed by atoms with Gasteiger partial charge in [0.1, 0.15) is 0 Å². The van der Waals surface area contributed by atoms with Crippen molar-refractivity contribution in [2.24, 2.45) is 0 Å². The minimum atomic E-state index is 0.306. The van der Waals surface area contributed by atoms with Crippen LogP contribution in [-0.2, 0) is 4.79 Å². The van der Waals surface area contributed by atoms with E-state index in [4.69, 9.17) is 0 Å². The van der Waals surface area contributed by atoms with Gasteiger partial charge < -0.3 is 4.90 Å². The highest BCUT2D eigenvalue weighted by Gasteiger charge is 2.27. The number of likely N-dealkylation sites (N-methyl/N-ethyl adjacent to an activating group) is 1. The van der Waals surface area contributed by atoms with Crippen LogP contribution in [-0.4, -0.2) is 53.9 Å². The van der Waals surface area contributed by atoms with Crippen molar-refractivity contribution in [1.82, 2.24) is 9.80 Å². The minimum Gasteiger partial charge on any atom is -0.339 e. The van der Waals surface area contributed by atoms with E-state index in [1.807, 2.05) is 22.7 Å². The van der Waals surface area contributed by atoms with Gasteiger partial charge in [0.15, 0.2) is 0 Å². The second-order valence-electron chi connectivity index (χ2n) is 5.19. The van der Waals surface area contributed by atoms with Gasteiger partial charge in [-0.1, -0.05) is 37.3 Å². The SMILES string of the molecule is CCSCCC(=O)N1CCN(C)[C@@H](c2ccccc2)C1. The Morgan fingerprint density at radius 2 is 2.05 bits per heavy atom. The van der Waals surface area contributed by atoms with Gasteiger partial charge >= 0.3 is 0 Å². The maximum atomic E-state index is 12.3. The molecule has 1 aromatic carbocycles. The number of hydrogen-bond donors (Lipinski definition) is 0. The molecular weight excluding hydrogens is 268 g/mol. The molecule has 0 saturated carbocycles. The van der Waals surface area contributed by atoms with Crippen molar-refractivity contribution < 1.29 is 4.79 Å². The molecule has 0 aromatic heterocycles. The third-order valence-electron chi connectivity index (χ3n) is 3.85. The summed E-state index contributed by atoms with van der Waals surface area (Å²) in [6, 6.07) is 10.8. The van der Waals surface area contributed by atoms with Crippen LogP contribution in [0, 0.1) is 0 Å². The highest BCUT2D eigenvalue weighted by atomic mass is 32.2. The van der Waals surface area contributed by atoms with Gasteiger partial charge in [0.05, 0.1) is 6.04 Å². The summed E-state index contributed by atoms with van der Waals surface area (Å²) in [6.07, 6.45) is 0.670. The smallest absolute Gasteiger partial charge is 0.223 e. The predicted octanol–water partition coefficient (Wildman–Crippen LogP) is 2.64. The van der Waals surface area contributed by atoms with Gasteiger partial charge in [0.25, 0.3) is 0 Å². The molecule has 0 unspecified atom stereocenters. The van der Waals surface area contributed by atoms with E-state index in [9.17, 15) is 4.79 Å². The third-order valence-corrected chi connectivity index (χ3v) is 4.75. The van der Waals surface area contributed by atoms with Crippen molar-refractivity contribution in [2.45, 2.75) is 19.4 Å². The predicted molar refractivity (Wildman–Crippen MR) is 86.0 cm³/mol. The molecule has 1 fully saturated rings. The van der Waals surface area contributed by atoms with Gasteiger partial charge in [0, 0.05) is 31.8 Å². The Morgan fingerprint density at radius 3 is 2.75 bits per heavy atom. The zero-order valence-corrected chi connectivity index (χ0v) is 13.2. The standard InChI is InChI=1S/C16H24N2OS/c1-3-20-12-9-16(19)18-11-10-17(2)15(13-18)14-7-5-4-6-8-14/h4-8,15H,3,9-13H2,1-2H3/t15-/m1/s1. The van der Waals surface area contributed by atoms with Gasteiger partial charge in [-0.2, -0.15) is 11.8 Å². The number of rotatable bonds is 5. The first-order valence-corrected chi connectivity index (χ1v) is 8.48. The van der Waals surface area contributed by atoms with E-state index in [1.54, 1.807) is 0 Å². The summed E-state index contributed by atoms with van der Waals surface area (Å²) in [5.74, 6) is 2.33. The molecular formula is C16H24N2OS. The quantitative estimate of drug-likeness (QED) is 0.780. The summed E-state index contributed by atoms with van der Waals surface area (Å²) in [5.41, 5.74) is 1.30. The molecule has 1 atom stereocenters. The van der Waals surface area contributed by atoms with Crippen LogP contribution in [0.3, 0.4) is 0 Å². The second kappa shape index (κ2) is 7.70. The summed E-state index contributed by atoms with van der Waals surface area (Å²) < 4.78 is 0. The van der Waals surface area contributed by atoms with Crippen LogP contribution in [0.25, 0.3) is 0 Å². The van der Waals surface area contributed by atoms with Crippen molar-refractivity contribution in [3.8, 4) is 0 Å². The van der Waals surface area contributed by atoms with Crippen molar-refractivity contribution in [1.29, 1.82) is 0 Å². The van der Waals surface area contributed by atoms with E-state index in [-0.39, 0.29) is 0 Å². The zero-order chi connectivity index (χ0) is 14.4. The number of piperazine rings is 1. The molecule has 3 nitrogen and oxygen atoms in total. The van der Waals surface area contributed by atoms with Crippen LogP contribution in [0.1, 0.15) is 24.9 Å². The maximum Gasteiger partial charge on any atom is 0.223 e. The van der Waals surface area contributed by atoms with Crippen LogP contribution in [0.15, 0.2) is 30.3 Å². The summed E-state index contributed by atoms with van der Waals surface area (Å²) in [4.78, 5) is 16.6. The number of nitrogens with zero attached hydrogens (tertiary/aromatic N) is 2. The van der Waals surface area contributed by atoms with E-state index >= 15 is 0 Å². The van der Waals surface area contributed by atoms with E-state index in [0.717, 1.165) is 31.1 Å². The summed E-state index contributed by atoms with van der Waals surface area (Å²) in [5, 5.41) is 0. The Labute approximate surface area is 126 Å². The van der Waals surface area contributed by atoms with Crippen LogP contribution in [0.5, 0.6) is 0 Å². The van der Waals surface area contributed by atoms with Gasteiger partial charge in [-0.05, 0) is 18.4 Å². The Hall–Kier alpha value is -1.00. The number of thioether (sulfide) groups is 1. The Bertz CT molecular complexity index is 424. The Kier molecular flexibility index (Phi) is 5.92. The van der Waals surface area contributed by atoms with Crippen LogP contribution in [0.4, 0.5) is 0 Å². The summed E-state index contributed by atoms with van der Waals surface area (Å²) in [7, 11) is 2.15. The average molecular weight is 292 g/mol. The minimum absolute atomic E-state index is 0.306. The first-order chi connectivity index (χ1) is 9.72. The van der Waals surface area contributed by atoms with Crippen LogP contribution in [0.2, 0.25) is 0 Å². The lowest BCUT2D eigenvalue weighted by atomic mass is 10.0. The number of hydrogen-bond acceptors (Lipinski definition) is 3. The molecule has 1 aromatic rings. The lowest BCUT2D eigenvalue weighted by Crippen LogP contribution is -2.49. The molecule has 0 radical (unpaired) electrons. The number of amides is 1. The van der Waals surface area contributed by atoms with Gasteiger partial charge in [-0.25, -0.2) is 0 Å². The van der Waals surface area contributed by atoms with Crippen LogP contribution >= 0.6 is 11.8 Å². The maximum absolute atomic E-state index is 12.3. The zero-order valence-electron chi connectivity index (χ0n) is 12.4. The molecule has 1 saturated heterocycles. The van der Waals surface area contributed by atoms with Gasteiger partial charge in [-0.15, -0.1) is 0 Å². The molecule has 4 heteroatoms. The molecule has 20 heavy (non-hydrogen) atoms. The van der Waals surface area contributed by atoms with E-state index in [0.29, 0.717) is 18.4 Å². The monoisotopic (exact) mass is 292 g/mol. The normalized spacial score (nSPS) is 20.1. The molecule has 1 aliphatic heterocycles. The third kappa shape index (κ3) is 4.00. The molecule has 0 N–H and O–H groups in total. The summed E-state index contributed by atoms with van der Waals surface area (Å²) in [6.45, 7) is 4.76. The first-order valence-electron chi connectivity index (χ1n) is 7.33. The van der Waals surface area contributed by atoms with Crippen molar-refractivity contribution in [3.05, 3.63) is 35.9 Å². The van der Waals surface area contributed by atoms with Crippen molar-refractivity contribution in [2.75, 3.05) is 38.2 Å². The van der Waals surface area contributed by atoms with Crippen molar-refractivity contribution in [3.63, 3.8) is 0 Å². The topological polar surface area (TPSA) is 23.6 Å². The summed E-state index contributed by atoms with van der Waals surface area (Å²) >= 11 is 1.84. The number of carbonyl (C=O) groups excluding carboxylic acids is 1. The fraction of sp³-hybridized carbons (Fsp3) is 0.562. The largest absolute Gasteiger partial charge is 0.339 e. The molecule has 0 bridgehead atoms. The van der Waals surface area contributed by atoms with Gasteiger partial charge in [0.2, 0.25) is 5.91 Å². The Morgan fingerprint density at radius 1 is 1.30 bits per heavy atom. The van der Waals surface area contributed by atoms with Crippen LogP contribution < -0.4 is 0 Å². The molecule has 0 aliphatic carbocycles. The highest BCUT2D eigenvalue weighted by molar-refractivity contribution is 7.99. The molecule has 110 valence electrons. The van der Waals surface area contributed by atoms with E-state index in [2.05, 4.69) is 43.1 Å². The highest BCUT2D eigenvalue weighted by Crippen LogP contribution is 2.24. The lowest BCUT2D eigenvalue weighted by Gasteiger charge is -2.39. The van der Waals surface area contributed by atoms with E-state index in [1.165, 1.54) is 5.56 Å². The first kappa shape index (κ1) is 15.4. The fourth-order valence-corrected chi connectivity index (χ4v) is 3.20. The van der Waals surface area contributed by atoms with E-state index < -0.39 is 0 Å². The molecule has 0 spiro atoms. The second-order valence-corrected chi connectivity index (χ2v) is 6.59. The fourth-order valence-electron chi connectivity index (χ4n) is 2.60. The number of benzene rings is 1. The molecule has 1 heterocycles. The van der Waals surface area contributed by atoms with Crippen molar-refractivity contribution >= 4 is 17.7 Å². The molecule has 1 aliphatic rings.